The lowest BCUT2D eigenvalue weighted by Crippen LogP contribution is -2.41. The second-order valence-electron chi connectivity index (χ2n) is 8.70. The molecule has 0 saturated carbocycles. The van der Waals surface area contributed by atoms with Crippen LogP contribution in [0.3, 0.4) is 0 Å². The molecule has 0 unspecified atom stereocenters. The van der Waals surface area contributed by atoms with Crippen molar-refractivity contribution in [2.45, 2.75) is 33.6 Å². The first-order valence-electron chi connectivity index (χ1n) is 11.0. The van der Waals surface area contributed by atoms with Gasteiger partial charge in [-0.3, -0.25) is 4.79 Å². The van der Waals surface area contributed by atoms with Crippen molar-refractivity contribution in [3.63, 3.8) is 0 Å². The lowest BCUT2D eigenvalue weighted by Gasteiger charge is -2.32. The van der Waals surface area contributed by atoms with Gasteiger partial charge >= 0.3 is 0 Å². The van der Waals surface area contributed by atoms with Gasteiger partial charge in [-0.05, 0) is 86.7 Å². The molecule has 0 spiro atoms. The smallest absolute Gasteiger partial charge is 0.285 e. The summed E-state index contributed by atoms with van der Waals surface area (Å²) in [6, 6.07) is 12.9. The van der Waals surface area contributed by atoms with Gasteiger partial charge in [0.2, 0.25) is 5.91 Å². The summed E-state index contributed by atoms with van der Waals surface area (Å²) in [4.78, 5) is 15.0. The van der Waals surface area contributed by atoms with Crippen LogP contribution in [0.5, 0.6) is 5.75 Å². The number of hydrogen-bond acceptors (Lipinski definition) is 5. The lowest BCUT2D eigenvalue weighted by molar-refractivity contribution is -0.120. The summed E-state index contributed by atoms with van der Waals surface area (Å²) in [5.74, 6) is 1.03. The number of ether oxygens (including phenoxy) is 1. The topological polar surface area (TPSA) is 88.1 Å². The van der Waals surface area contributed by atoms with Crippen LogP contribution in [-0.2, 0) is 14.8 Å². The van der Waals surface area contributed by atoms with Crippen LogP contribution >= 0.6 is 0 Å². The Morgan fingerprint density at radius 1 is 1.03 bits per heavy atom. The summed E-state index contributed by atoms with van der Waals surface area (Å²) in [5, 5.41) is 3.03. The molecule has 1 N–H and O–H groups in total. The molecule has 1 amide bonds. The van der Waals surface area contributed by atoms with Crippen molar-refractivity contribution in [2.75, 3.05) is 25.5 Å². The van der Waals surface area contributed by atoms with E-state index in [0.717, 1.165) is 16.8 Å². The average molecular weight is 468 g/mol. The fraction of sp³-hybridized carbons (Fsp3) is 0.360. The Morgan fingerprint density at radius 2 is 1.64 bits per heavy atom. The highest BCUT2D eigenvalue weighted by atomic mass is 32.2. The monoisotopic (exact) mass is 467 g/mol. The maximum Gasteiger partial charge on any atom is 0.285 e. The highest BCUT2D eigenvalue weighted by molar-refractivity contribution is 8.00. The quantitative estimate of drug-likeness (QED) is 0.730. The zero-order valence-corrected chi connectivity index (χ0v) is 20.2. The predicted molar refractivity (Wildman–Crippen MR) is 131 cm³/mol. The molecule has 0 bridgehead atoms. The van der Waals surface area contributed by atoms with Gasteiger partial charge in [-0.2, -0.15) is 8.42 Å². The number of carbonyl (C=O) groups is 1. The molecule has 4 rings (SSSR count). The zero-order valence-electron chi connectivity index (χ0n) is 19.4. The summed E-state index contributed by atoms with van der Waals surface area (Å²) >= 11 is 0. The summed E-state index contributed by atoms with van der Waals surface area (Å²) in [7, 11) is -2.21. The number of piperidine rings is 1. The van der Waals surface area contributed by atoms with Crippen molar-refractivity contribution in [2.24, 2.45) is 10.3 Å². The molecular formula is C25H29N3O4S. The molecule has 2 aliphatic rings. The molecule has 8 heteroatoms. The molecule has 0 radical (unpaired) electrons. The molecule has 33 heavy (non-hydrogen) atoms. The molecule has 7 nitrogen and oxygen atoms in total. The lowest BCUT2D eigenvalue weighted by atomic mass is 9.95. The van der Waals surface area contributed by atoms with E-state index in [1.165, 1.54) is 0 Å². The third kappa shape index (κ3) is 4.80. The molecule has 0 aliphatic carbocycles. The maximum absolute atomic E-state index is 12.8. The van der Waals surface area contributed by atoms with Gasteiger partial charge in [0.25, 0.3) is 10.0 Å². The molecule has 2 aliphatic heterocycles. The number of anilines is 1. The van der Waals surface area contributed by atoms with Crippen molar-refractivity contribution in [3.8, 4) is 5.75 Å². The number of sulfonamides is 1. The third-order valence-electron chi connectivity index (χ3n) is 6.15. The van der Waals surface area contributed by atoms with Crippen molar-refractivity contribution in [3.05, 3.63) is 64.7 Å². The van der Waals surface area contributed by atoms with Crippen LogP contribution in [0, 0.1) is 19.8 Å². The molecule has 2 aromatic rings. The van der Waals surface area contributed by atoms with Gasteiger partial charge in [0.05, 0.1) is 7.11 Å². The van der Waals surface area contributed by atoms with Crippen LogP contribution in [-0.4, -0.2) is 45.3 Å². The minimum absolute atomic E-state index is 0.00631. The predicted octanol–water partition coefficient (Wildman–Crippen LogP) is 4.14. The number of amidine groups is 1. The van der Waals surface area contributed by atoms with Crippen LogP contribution in [0.2, 0.25) is 0 Å². The maximum atomic E-state index is 12.8. The van der Waals surface area contributed by atoms with E-state index in [1.54, 1.807) is 38.3 Å². The van der Waals surface area contributed by atoms with Gasteiger partial charge in [0, 0.05) is 30.3 Å². The minimum atomic E-state index is -3.78. The summed E-state index contributed by atoms with van der Waals surface area (Å²) in [6.45, 7) is 6.96. The van der Waals surface area contributed by atoms with Crippen LogP contribution in [0.4, 0.5) is 5.69 Å². The van der Waals surface area contributed by atoms with E-state index in [2.05, 4.69) is 15.8 Å². The number of amides is 1. The number of nitrogens with one attached hydrogen (secondary N) is 1. The van der Waals surface area contributed by atoms with E-state index >= 15 is 0 Å². The highest BCUT2D eigenvalue weighted by Crippen LogP contribution is 2.35. The van der Waals surface area contributed by atoms with Crippen molar-refractivity contribution in [1.29, 1.82) is 0 Å². The fourth-order valence-electron chi connectivity index (χ4n) is 4.57. The molecule has 0 aromatic heterocycles. The number of carbonyl (C=O) groups excluding carboxylic acids is 1. The Balaban J connectivity index is 1.45. The fourth-order valence-corrected chi connectivity index (χ4v) is 6.05. The molecule has 174 valence electrons. The molecular weight excluding hydrogens is 438 g/mol. The Kier molecular flexibility index (Phi) is 6.30. The number of methoxy groups -OCH3 is 1. The Bertz CT molecular complexity index is 1220. The van der Waals surface area contributed by atoms with Crippen LogP contribution in [0.15, 0.2) is 52.4 Å². The molecule has 1 saturated heterocycles. The Labute approximate surface area is 195 Å². The van der Waals surface area contributed by atoms with Gasteiger partial charge in [-0.1, -0.05) is 6.07 Å². The van der Waals surface area contributed by atoms with Crippen molar-refractivity contribution in [1.82, 2.24) is 4.90 Å². The van der Waals surface area contributed by atoms with Crippen LogP contribution in [0.25, 0.3) is 4.91 Å². The van der Waals surface area contributed by atoms with Crippen molar-refractivity contribution >= 4 is 32.4 Å². The first-order chi connectivity index (χ1) is 15.7. The number of nitrogens with zero attached hydrogens (tertiary/aromatic N) is 2. The first-order valence-corrected chi connectivity index (χ1v) is 12.5. The number of aryl methyl sites for hydroxylation is 2. The van der Waals surface area contributed by atoms with Crippen LogP contribution in [0.1, 0.15) is 36.5 Å². The van der Waals surface area contributed by atoms with Gasteiger partial charge in [0.1, 0.15) is 16.5 Å². The summed E-state index contributed by atoms with van der Waals surface area (Å²) in [5.41, 5.74) is 4.26. The minimum Gasteiger partial charge on any atom is -0.497 e. The zero-order chi connectivity index (χ0) is 23.8. The molecule has 2 aromatic carbocycles. The second-order valence-corrected chi connectivity index (χ2v) is 10.2. The van der Waals surface area contributed by atoms with Crippen LogP contribution < -0.4 is 10.1 Å². The van der Waals surface area contributed by atoms with Gasteiger partial charge in [-0.25, -0.2) is 0 Å². The summed E-state index contributed by atoms with van der Waals surface area (Å²) < 4.78 is 34.9. The normalized spacial score (nSPS) is 18.3. The molecule has 0 atom stereocenters. The van der Waals surface area contributed by atoms with E-state index in [4.69, 9.17) is 4.74 Å². The van der Waals surface area contributed by atoms with E-state index < -0.39 is 10.0 Å². The number of rotatable bonds is 4. The molecule has 1 fully saturated rings. The highest BCUT2D eigenvalue weighted by Gasteiger charge is 2.35. The second kappa shape index (κ2) is 9.02. The van der Waals surface area contributed by atoms with E-state index in [9.17, 15) is 13.2 Å². The average Bonchev–Trinajstić information content (AvgIpc) is 3.01. The van der Waals surface area contributed by atoms with E-state index in [0.29, 0.717) is 48.7 Å². The number of hydrogen-bond donors (Lipinski definition) is 1. The van der Waals surface area contributed by atoms with E-state index in [1.807, 2.05) is 30.9 Å². The third-order valence-corrected chi connectivity index (χ3v) is 7.62. The summed E-state index contributed by atoms with van der Waals surface area (Å²) in [6.07, 6.45) is 1.28. The van der Waals surface area contributed by atoms with Gasteiger partial charge in [0.15, 0.2) is 0 Å². The first kappa shape index (κ1) is 23.0. The van der Waals surface area contributed by atoms with Crippen molar-refractivity contribution < 1.29 is 17.9 Å². The largest absolute Gasteiger partial charge is 0.497 e. The Hall–Kier alpha value is -3.13. The van der Waals surface area contributed by atoms with Gasteiger partial charge < -0.3 is 15.0 Å². The number of likely N-dealkylation sites (tertiary alicyclic amines) is 1. The molecule has 2 heterocycles. The standard InChI is InChI=1S/C25H29N3O4S/c1-16-13-17(2)15-21(14-16)26-25(29)20-9-11-28(12-10-20)24-18(3)23(33(30,31)27-24)19-5-7-22(32-4)8-6-19/h5-8,13-15,20H,9-12H2,1-4H3,(H,26,29). The van der Waals surface area contributed by atoms with Gasteiger partial charge in [-0.15, -0.1) is 4.40 Å². The Morgan fingerprint density at radius 3 is 2.21 bits per heavy atom. The number of benzene rings is 2. The van der Waals surface area contributed by atoms with E-state index in [-0.39, 0.29) is 16.7 Å². The SMILES string of the molecule is COc1ccc(C2=C(C)C(N3CCC(C(=O)Nc4cc(C)cc(C)c4)CC3)=NS2(=O)=O)cc1.